The van der Waals surface area contributed by atoms with E-state index in [1.165, 1.54) is 0 Å². The van der Waals surface area contributed by atoms with Gasteiger partial charge in [0.15, 0.2) is 17.4 Å². The molecule has 0 saturated carbocycles. The average molecular weight is 242 g/mol. The zero-order valence-corrected chi connectivity index (χ0v) is 9.04. The first-order valence-corrected chi connectivity index (χ1v) is 5.51. The highest BCUT2D eigenvalue weighted by atomic mass is 32.2. The van der Waals surface area contributed by atoms with E-state index in [9.17, 15) is 8.42 Å². The predicted octanol–water partition coefficient (Wildman–Crippen LogP) is -0.176. The Hall–Kier alpha value is 0.362. The molecule has 14 heavy (non-hydrogen) atoms. The Morgan fingerprint density at radius 2 is 1.29 bits per heavy atom. The molecule has 0 aliphatic heterocycles. The van der Waals surface area contributed by atoms with E-state index in [1.807, 2.05) is 0 Å². The lowest BCUT2D eigenvalue weighted by molar-refractivity contribution is -0.134. The first-order chi connectivity index (χ1) is 5.73. The molecule has 0 unspecified atom stereocenters. The SMILES string of the molecule is CC(C)OC(OC(C)C)S(=O)(=O)O.[AlH3]. The molecule has 0 aliphatic carbocycles. The van der Waals surface area contributed by atoms with Crippen LogP contribution in [0.4, 0.5) is 0 Å². The highest BCUT2D eigenvalue weighted by molar-refractivity contribution is 7.86. The van der Waals surface area contributed by atoms with Gasteiger partial charge < -0.3 is 9.47 Å². The maximum atomic E-state index is 10.7. The molecule has 0 aromatic heterocycles. The molecule has 0 rings (SSSR count). The second-order valence-corrected chi connectivity index (χ2v) is 4.59. The largest absolute Gasteiger partial charge is 0.335 e. The molecule has 0 aliphatic rings. The van der Waals surface area contributed by atoms with Crippen LogP contribution in [0.1, 0.15) is 27.7 Å². The molecular formula is C7H19AlO5S. The van der Waals surface area contributed by atoms with Crippen LogP contribution in [0.25, 0.3) is 0 Å². The zero-order valence-electron chi connectivity index (χ0n) is 8.22. The molecule has 0 fully saturated rings. The molecule has 7 heteroatoms. The molecule has 0 spiro atoms. The van der Waals surface area contributed by atoms with E-state index < -0.39 is 15.7 Å². The van der Waals surface area contributed by atoms with E-state index in [1.54, 1.807) is 27.7 Å². The van der Waals surface area contributed by atoms with Gasteiger partial charge in [-0.1, -0.05) is 0 Å². The van der Waals surface area contributed by atoms with Crippen molar-refractivity contribution in [2.75, 3.05) is 0 Å². The highest BCUT2D eigenvalue weighted by Crippen LogP contribution is 2.09. The topological polar surface area (TPSA) is 72.8 Å². The number of ether oxygens (including phenoxy) is 2. The Kier molecular flexibility index (Phi) is 8.12. The van der Waals surface area contributed by atoms with Crippen molar-refractivity contribution < 1.29 is 22.4 Å². The lowest BCUT2D eigenvalue weighted by Crippen LogP contribution is -2.32. The van der Waals surface area contributed by atoms with E-state index in [0.717, 1.165) is 0 Å². The Bertz CT molecular complexity index is 226. The smallest absolute Gasteiger partial charge is 0.318 e. The molecule has 0 saturated heterocycles. The summed E-state index contributed by atoms with van der Waals surface area (Å²) >= 11 is 0. The lowest BCUT2D eigenvalue weighted by atomic mass is 10.5. The standard InChI is InChI=1S/C7H16O5S.Al.3H/c1-5(2)11-7(12-6(3)4)13(8,9)10;;;;/h5-7H,1-4H3,(H,8,9,10);;;;. The highest BCUT2D eigenvalue weighted by Gasteiger charge is 2.26. The van der Waals surface area contributed by atoms with Gasteiger partial charge in [-0.25, -0.2) is 0 Å². The predicted molar refractivity (Wildman–Crippen MR) is 57.7 cm³/mol. The maximum absolute atomic E-state index is 10.7. The Balaban J connectivity index is 0. The van der Waals surface area contributed by atoms with E-state index in [-0.39, 0.29) is 29.6 Å². The number of hydrogen-bond donors (Lipinski definition) is 1. The maximum Gasteiger partial charge on any atom is 0.318 e. The van der Waals surface area contributed by atoms with Crippen molar-refractivity contribution in [3.05, 3.63) is 0 Å². The summed E-state index contributed by atoms with van der Waals surface area (Å²) in [6.07, 6.45) is -0.656. The Morgan fingerprint density at radius 1 is 1.00 bits per heavy atom. The minimum absolute atomic E-state index is 0. The van der Waals surface area contributed by atoms with Crippen LogP contribution in [0.5, 0.6) is 0 Å². The normalized spacial score (nSPS) is 12.3. The van der Waals surface area contributed by atoms with E-state index in [0.29, 0.717) is 0 Å². The van der Waals surface area contributed by atoms with Gasteiger partial charge in [-0.3, -0.25) is 4.55 Å². The minimum atomic E-state index is -4.30. The van der Waals surface area contributed by atoms with Crippen LogP contribution in [-0.2, 0) is 19.6 Å². The second kappa shape index (κ2) is 6.77. The molecule has 0 heterocycles. The molecule has 0 radical (unpaired) electrons. The van der Waals surface area contributed by atoms with Gasteiger partial charge in [0.2, 0.25) is 0 Å². The monoisotopic (exact) mass is 242 g/mol. The molecule has 0 bridgehead atoms. The summed E-state index contributed by atoms with van der Waals surface area (Å²) in [4.78, 5) is 0. The number of rotatable bonds is 5. The van der Waals surface area contributed by atoms with Crippen LogP contribution < -0.4 is 0 Å². The van der Waals surface area contributed by atoms with Gasteiger partial charge >= 0.3 is 10.1 Å². The van der Waals surface area contributed by atoms with Crippen LogP contribution >= 0.6 is 0 Å². The molecule has 0 aromatic rings. The van der Waals surface area contributed by atoms with Gasteiger partial charge in [0, 0.05) is 0 Å². The summed E-state index contributed by atoms with van der Waals surface area (Å²) in [6, 6.07) is 0. The Labute approximate surface area is 95.7 Å². The van der Waals surface area contributed by atoms with Gasteiger partial charge in [-0.05, 0) is 27.7 Å². The summed E-state index contributed by atoms with van der Waals surface area (Å²) < 4.78 is 39.8. The molecule has 1 N–H and O–H groups in total. The van der Waals surface area contributed by atoms with Crippen molar-refractivity contribution in [3.63, 3.8) is 0 Å². The van der Waals surface area contributed by atoms with Crippen molar-refractivity contribution in [1.29, 1.82) is 0 Å². The summed E-state index contributed by atoms with van der Waals surface area (Å²) in [6.45, 7) is 6.62. The minimum Gasteiger partial charge on any atom is -0.335 e. The van der Waals surface area contributed by atoms with Crippen molar-refractivity contribution in [3.8, 4) is 0 Å². The molecule has 0 atom stereocenters. The summed E-state index contributed by atoms with van der Waals surface area (Å²) in [5.41, 5.74) is -1.59. The third-order valence-electron chi connectivity index (χ3n) is 1.01. The average Bonchev–Trinajstić information content (AvgIpc) is 1.81. The molecule has 5 nitrogen and oxygen atoms in total. The van der Waals surface area contributed by atoms with Crippen LogP contribution in [-0.4, -0.2) is 48.2 Å². The van der Waals surface area contributed by atoms with Crippen LogP contribution in [0, 0.1) is 0 Å². The van der Waals surface area contributed by atoms with E-state index in [2.05, 4.69) is 0 Å². The summed E-state index contributed by atoms with van der Waals surface area (Å²) in [5.74, 6) is 0. The van der Waals surface area contributed by atoms with Crippen molar-refractivity contribution in [2.45, 2.75) is 45.5 Å². The van der Waals surface area contributed by atoms with Gasteiger partial charge in [0.05, 0.1) is 12.2 Å². The Morgan fingerprint density at radius 3 is 1.43 bits per heavy atom. The lowest BCUT2D eigenvalue weighted by Gasteiger charge is -2.19. The fraction of sp³-hybridized carbons (Fsp3) is 1.00. The van der Waals surface area contributed by atoms with Gasteiger partial charge in [-0.2, -0.15) is 8.42 Å². The van der Waals surface area contributed by atoms with E-state index in [4.69, 9.17) is 14.0 Å². The van der Waals surface area contributed by atoms with E-state index >= 15 is 0 Å². The molecular weight excluding hydrogens is 223 g/mol. The fourth-order valence-corrected chi connectivity index (χ4v) is 1.34. The summed E-state index contributed by atoms with van der Waals surface area (Å²) in [7, 11) is -4.30. The first-order valence-electron chi connectivity index (χ1n) is 4.00. The van der Waals surface area contributed by atoms with Gasteiger partial charge in [0.25, 0.3) is 5.62 Å². The third kappa shape index (κ3) is 7.74. The first kappa shape index (κ1) is 16.8. The molecule has 86 valence electrons. The fourth-order valence-electron chi connectivity index (χ4n) is 0.617. The van der Waals surface area contributed by atoms with Crippen molar-refractivity contribution in [1.82, 2.24) is 0 Å². The second-order valence-electron chi connectivity index (χ2n) is 3.17. The van der Waals surface area contributed by atoms with Crippen LogP contribution in [0.3, 0.4) is 0 Å². The molecule has 0 aromatic carbocycles. The zero-order chi connectivity index (χ0) is 10.6. The van der Waals surface area contributed by atoms with Crippen molar-refractivity contribution >= 4 is 27.5 Å². The van der Waals surface area contributed by atoms with Crippen LogP contribution in [0.2, 0.25) is 0 Å². The quantitative estimate of drug-likeness (QED) is 0.411. The molecule has 0 amide bonds. The third-order valence-corrected chi connectivity index (χ3v) is 1.72. The van der Waals surface area contributed by atoms with Crippen molar-refractivity contribution in [2.24, 2.45) is 0 Å². The van der Waals surface area contributed by atoms with Gasteiger partial charge in [-0.15, -0.1) is 0 Å². The van der Waals surface area contributed by atoms with Gasteiger partial charge in [0.1, 0.15) is 0 Å². The number of hydrogen-bond acceptors (Lipinski definition) is 4. The van der Waals surface area contributed by atoms with Crippen LogP contribution in [0.15, 0.2) is 0 Å². The summed E-state index contributed by atoms with van der Waals surface area (Å²) in [5, 5.41) is 0.